The van der Waals surface area contributed by atoms with Gasteiger partial charge in [-0.15, -0.1) is 0 Å². The Hall–Kier alpha value is -4.80. The number of nitrogens with two attached hydrogens (primary N) is 2. The summed E-state index contributed by atoms with van der Waals surface area (Å²) in [6.07, 6.45) is 5.59. The van der Waals surface area contributed by atoms with Crippen LogP contribution in [0.3, 0.4) is 0 Å². The molecule has 11 heteroatoms. The first-order valence-corrected chi connectivity index (χ1v) is 10.5. The Balaban J connectivity index is 1.56. The minimum absolute atomic E-state index is 0.0345. The molecule has 0 fully saturated rings. The van der Waals surface area contributed by atoms with Gasteiger partial charge in [-0.05, 0) is 42.3 Å². The van der Waals surface area contributed by atoms with Crippen molar-refractivity contribution in [2.75, 3.05) is 12.3 Å². The topological polar surface area (TPSA) is 174 Å². The molecule has 0 aliphatic carbocycles. The summed E-state index contributed by atoms with van der Waals surface area (Å²) < 4.78 is 5.70. The van der Waals surface area contributed by atoms with Crippen molar-refractivity contribution in [3.05, 3.63) is 65.9 Å². The van der Waals surface area contributed by atoms with Crippen molar-refractivity contribution >= 4 is 22.5 Å². The number of primary amides is 1. The predicted molar refractivity (Wildman–Crippen MR) is 126 cm³/mol. The number of hydrogen-bond acceptors (Lipinski definition) is 8. The number of H-pyrrole nitrogens is 2. The number of ether oxygens (including phenoxy) is 1. The smallest absolute Gasteiger partial charge is 0.316 e. The molecule has 0 unspecified atom stereocenters. The number of benzene rings is 1. The van der Waals surface area contributed by atoms with Gasteiger partial charge in [0.15, 0.2) is 5.69 Å². The summed E-state index contributed by atoms with van der Waals surface area (Å²) in [4.78, 5) is 25.2. The van der Waals surface area contributed by atoms with Crippen LogP contribution in [0.25, 0.3) is 33.4 Å². The van der Waals surface area contributed by atoms with Crippen LogP contribution in [-0.4, -0.2) is 47.9 Å². The first kappa shape index (κ1) is 21.1. The van der Waals surface area contributed by atoms with Crippen LogP contribution >= 0.6 is 0 Å². The lowest BCUT2D eigenvalue weighted by atomic mass is 9.94. The molecule has 1 aromatic carbocycles. The van der Waals surface area contributed by atoms with E-state index >= 15 is 0 Å². The molecule has 0 saturated heterocycles. The number of carbonyl (C=O) groups is 1. The molecule has 0 atom stereocenters. The molecule has 5 rings (SSSR count). The van der Waals surface area contributed by atoms with Gasteiger partial charge in [-0.2, -0.15) is 15.2 Å². The molecule has 6 N–H and O–H groups in total. The highest BCUT2D eigenvalue weighted by Gasteiger charge is 2.20. The number of nitrogen functional groups attached to an aromatic ring is 1. The van der Waals surface area contributed by atoms with Crippen LogP contribution in [0, 0.1) is 6.92 Å². The van der Waals surface area contributed by atoms with Crippen LogP contribution in [0.15, 0.2) is 48.9 Å². The van der Waals surface area contributed by atoms with Crippen molar-refractivity contribution < 1.29 is 9.53 Å². The first-order valence-electron chi connectivity index (χ1n) is 10.5. The van der Waals surface area contributed by atoms with E-state index in [4.69, 9.17) is 16.2 Å². The fourth-order valence-electron chi connectivity index (χ4n) is 3.79. The number of pyridine rings is 1. The number of aromatic amines is 2. The molecular formula is C23H21N9O2. The van der Waals surface area contributed by atoms with Crippen molar-refractivity contribution in [3.8, 4) is 28.5 Å². The molecule has 170 valence electrons. The number of amides is 1. The zero-order valence-electron chi connectivity index (χ0n) is 18.2. The number of rotatable bonds is 7. The number of nitrogens with zero attached hydrogens (tertiary/aromatic N) is 5. The van der Waals surface area contributed by atoms with Gasteiger partial charge in [0, 0.05) is 35.5 Å². The van der Waals surface area contributed by atoms with Gasteiger partial charge in [0.25, 0.3) is 5.91 Å². The molecule has 34 heavy (non-hydrogen) atoms. The number of aryl methyl sites for hydroxylation is 1. The summed E-state index contributed by atoms with van der Waals surface area (Å²) in [5.74, 6) is -0.734. The standard InChI is InChI=1S/C23H21N9O2/c1-12-2-3-16-15(11-28-32-16)19(12)14-10-18(29-21(20(14)24)22(25)33)17-5-7-26-23(30-17)34-9-6-13-4-8-27-31-13/h2-5,7-8,10-11H,6,9,24H2,1H3,(H2,25,33)(H,27,31)(H,28,32). The Bertz CT molecular complexity index is 1490. The second kappa shape index (κ2) is 8.62. The quantitative estimate of drug-likeness (QED) is 0.289. The van der Waals surface area contributed by atoms with E-state index in [-0.39, 0.29) is 17.4 Å². The molecule has 0 bridgehead atoms. The highest BCUT2D eigenvalue weighted by atomic mass is 16.5. The van der Waals surface area contributed by atoms with Crippen LogP contribution < -0.4 is 16.2 Å². The predicted octanol–water partition coefficient (Wildman–Crippen LogP) is 2.42. The van der Waals surface area contributed by atoms with E-state index in [1.807, 2.05) is 25.1 Å². The van der Waals surface area contributed by atoms with Gasteiger partial charge in [-0.1, -0.05) is 6.07 Å². The molecule has 0 aliphatic rings. The van der Waals surface area contributed by atoms with E-state index in [1.54, 1.807) is 30.7 Å². The highest BCUT2D eigenvalue weighted by molar-refractivity contribution is 6.05. The lowest BCUT2D eigenvalue weighted by Gasteiger charge is -2.15. The Morgan fingerprint density at radius 2 is 1.94 bits per heavy atom. The van der Waals surface area contributed by atoms with Gasteiger partial charge in [-0.25, -0.2) is 9.97 Å². The summed E-state index contributed by atoms with van der Waals surface area (Å²) >= 11 is 0. The van der Waals surface area contributed by atoms with E-state index in [1.165, 1.54) is 0 Å². The third-order valence-corrected chi connectivity index (χ3v) is 5.45. The molecule has 0 aliphatic heterocycles. The summed E-state index contributed by atoms with van der Waals surface area (Å²) in [6.45, 7) is 2.32. The maximum absolute atomic E-state index is 12.2. The molecular weight excluding hydrogens is 434 g/mol. The summed E-state index contributed by atoms with van der Waals surface area (Å²) in [5.41, 5.74) is 17.2. The number of anilines is 1. The van der Waals surface area contributed by atoms with Crippen LogP contribution in [0.4, 0.5) is 5.69 Å². The molecule has 11 nitrogen and oxygen atoms in total. The summed E-state index contributed by atoms with van der Waals surface area (Å²) in [7, 11) is 0. The monoisotopic (exact) mass is 455 g/mol. The molecule has 1 amide bonds. The zero-order valence-corrected chi connectivity index (χ0v) is 18.2. The minimum Gasteiger partial charge on any atom is -0.463 e. The van der Waals surface area contributed by atoms with E-state index in [2.05, 4.69) is 35.3 Å². The number of fused-ring (bicyclic) bond motifs is 1. The van der Waals surface area contributed by atoms with E-state index < -0.39 is 5.91 Å². The lowest BCUT2D eigenvalue weighted by molar-refractivity contribution is 0.0996. The van der Waals surface area contributed by atoms with Gasteiger partial charge in [0.2, 0.25) is 0 Å². The first-order chi connectivity index (χ1) is 16.5. The van der Waals surface area contributed by atoms with Crippen LogP contribution in [0.5, 0.6) is 6.01 Å². The van der Waals surface area contributed by atoms with Crippen molar-refractivity contribution in [3.63, 3.8) is 0 Å². The molecule has 0 spiro atoms. The number of aromatic nitrogens is 7. The third kappa shape index (κ3) is 3.90. The normalized spacial score (nSPS) is 11.1. The third-order valence-electron chi connectivity index (χ3n) is 5.45. The van der Waals surface area contributed by atoms with Crippen molar-refractivity contribution in [1.29, 1.82) is 0 Å². The summed E-state index contributed by atoms with van der Waals surface area (Å²) in [5, 5.41) is 14.7. The van der Waals surface area contributed by atoms with Crippen LogP contribution in [0.1, 0.15) is 21.7 Å². The second-order valence-electron chi connectivity index (χ2n) is 7.68. The van der Waals surface area contributed by atoms with E-state index in [0.717, 1.165) is 27.7 Å². The van der Waals surface area contributed by atoms with Gasteiger partial charge in [0.1, 0.15) is 0 Å². The second-order valence-corrected chi connectivity index (χ2v) is 7.68. The van der Waals surface area contributed by atoms with Gasteiger partial charge in [-0.3, -0.25) is 15.0 Å². The number of nitrogens with one attached hydrogen (secondary N) is 2. The fraction of sp³-hybridized carbons (Fsp3) is 0.130. The van der Waals surface area contributed by atoms with Crippen molar-refractivity contribution in [1.82, 2.24) is 35.3 Å². The fourth-order valence-corrected chi connectivity index (χ4v) is 3.79. The highest BCUT2D eigenvalue weighted by Crippen LogP contribution is 2.37. The molecule has 4 heterocycles. The van der Waals surface area contributed by atoms with E-state index in [9.17, 15) is 4.79 Å². The molecule has 0 saturated carbocycles. The minimum atomic E-state index is -0.734. The number of hydrogen-bond donors (Lipinski definition) is 4. The molecule has 4 aromatic heterocycles. The van der Waals surface area contributed by atoms with Gasteiger partial charge in [0.05, 0.1) is 35.4 Å². The Morgan fingerprint density at radius 1 is 1.06 bits per heavy atom. The van der Waals surface area contributed by atoms with Crippen LogP contribution in [-0.2, 0) is 6.42 Å². The maximum Gasteiger partial charge on any atom is 0.316 e. The van der Waals surface area contributed by atoms with E-state index in [0.29, 0.717) is 30.0 Å². The number of carbonyl (C=O) groups excluding carboxylic acids is 1. The Labute approximate surface area is 193 Å². The Kier molecular flexibility index (Phi) is 5.34. The SMILES string of the molecule is Cc1ccc2[nH]ncc2c1-c1cc(-c2ccnc(OCCc3ccn[nH]3)n2)nc(C(N)=O)c1N. The maximum atomic E-state index is 12.2. The average molecular weight is 455 g/mol. The van der Waals surface area contributed by atoms with Gasteiger partial charge < -0.3 is 16.2 Å². The van der Waals surface area contributed by atoms with Gasteiger partial charge >= 0.3 is 6.01 Å². The molecule has 5 aromatic rings. The average Bonchev–Trinajstić information content (AvgIpc) is 3.52. The Morgan fingerprint density at radius 3 is 2.74 bits per heavy atom. The lowest BCUT2D eigenvalue weighted by Crippen LogP contribution is -2.17. The zero-order chi connectivity index (χ0) is 23.7. The van der Waals surface area contributed by atoms with Crippen molar-refractivity contribution in [2.45, 2.75) is 13.3 Å². The summed E-state index contributed by atoms with van der Waals surface area (Å²) in [6, 6.07) is 9.41. The molecule has 0 radical (unpaired) electrons. The van der Waals surface area contributed by atoms with Crippen LogP contribution in [0.2, 0.25) is 0 Å². The largest absolute Gasteiger partial charge is 0.463 e. The van der Waals surface area contributed by atoms with Crippen molar-refractivity contribution in [2.24, 2.45) is 5.73 Å².